The van der Waals surface area contributed by atoms with Crippen LogP contribution in [0.3, 0.4) is 0 Å². The standard InChI is InChI=1S/C26H22O2/c1-2-23-15-9-10-16-24(23)25(27)26(28,19-17-21-11-5-3-6-12-21)20-18-22-13-7-4-8-14-22/h3-16,25,27-28H,2H2,1H3/t25-/m1/s1. The van der Waals surface area contributed by atoms with Gasteiger partial charge in [0, 0.05) is 11.1 Å². The van der Waals surface area contributed by atoms with Gasteiger partial charge in [-0.1, -0.05) is 79.4 Å². The third-order valence-corrected chi connectivity index (χ3v) is 4.47. The van der Waals surface area contributed by atoms with E-state index in [1.54, 1.807) is 0 Å². The van der Waals surface area contributed by atoms with Gasteiger partial charge in [-0.15, -0.1) is 0 Å². The van der Waals surface area contributed by atoms with Gasteiger partial charge < -0.3 is 10.2 Å². The van der Waals surface area contributed by atoms with Crippen molar-refractivity contribution >= 4 is 0 Å². The molecular weight excluding hydrogens is 344 g/mol. The van der Waals surface area contributed by atoms with Crippen molar-refractivity contribution in [1.29, 1.82) is 0 Å². The van der Waals surface area contributed by atoms with Crippen LogP contribution < -0.4 is 0 Å². The fourth-order valence-corrected chi connectivity index (χ4v) is 2.89. The summed E-state index contributed by atoms with van der Waals surface area (Å²) in [7, 11) is 0. The molecule has 1 atom stereocenters. The van der Waals surface area contributed by atoms with E-state index in [0.29, 0.717) is 5.56 Å². The number of hydrogen-bond donors (Lipinski definition) is 2. The summed E-state index contributed by atoms with van der Waals surface area (Å²) in [6.45, 7) is 2.01. The topological polar surface area (TPSA) is 40.5 Å². The van der Waals surface area contributed by atoms with Gasteiger partial charge in [-0.25, -0.2) is 0 Å². The lowest BCUT2D eigenvalue weighted by atomic mass is 9.88. The minimum absolute atomic E-state index is 0.636. The summed E-state index contributed by atoms with van der Waals surface area (Å²) in [5, 5.41) is 22.3. The predicted molar refractivity (Wildman–Crippen MR) is 112 cm³/mol. The van der Waals surface area contributed by atoms with Crippen LogP contribution in [-0.4, -0.2) is 15.8 Å². The molecular formula is C26H22O2. The SMILES string of the molecule is CCc1ccccc1[C@@H](O)C(O)(C#Cc1ccccc1)C#Cc1ccccc1. The zero-order valence-corrected chi connectivity index (χ0v) is 15.8. The molecule has 0 aliphatic rings. The summed E-state index contributed by atoms with van der Waals surface area (Å²) in [6.07, 6.45) is -0.516. The molecule has 2 nitrogen and oxygen atoms in total. The average Bonchev–Trinajstić information content (AvgIpc) is 2.77. The largest absolute Gasteiger partial charge is 0.383 e. The van der Waals surface area contributed by atoms with Crippen LogP contribution in [0.25, 0.3) is 0 Å². The Morgan fingerprint density at radius 3 is 1.71 bits per heavy atom. The van der Waals surface area contributed by atoms with Crippen LogP contribution >= 0.6 is 0 Å². The number of rotatable bonds is 3. The fourth-order valence-electron chi connectivity index (χ4n) is 2.89. The Morgan fingerprint density at radius 1 is 0.750 bits per heavy atom. The molecule has 0 heterocycles. The van der Waals surface area contributed by atoms with Crippen molar-refractivity contribution < 1.29 is 10.2 Å². The highest BCUT2D eigenvalue weighted by Gasteiger charge is 2.34. The van der Waals surface area contributed by atoms with E-state index in [4.69, 9.17) is 0 Å². The molecule has 0 radical (unpaired) electrons. The molecule has 0 aliphatic carbocycles. The summed E-state index contributed by atoms with van der Waals surface area (Å²) in [4.78, 5) is 0. The highest BCUT2D eigenvalue weighted by Crippen LogP contribution is 2.28. The van der Waals surface area contributed by atoms with E-state index in [1.807, 2.05) is 91.9 Å². The quantitative estimate of drug-likeness (QED) is 0.685. The second-order valence-corrected chi connectivity index (χ2v) is 6.45. The van der Waals surface area contributed by atoms with Crippen LogP contribution in [0.4, 0.5) is 0 Å². The first-order valence-corrected chi connectivity index (χ1v) is 9.27. The summed E-state index contributed by atoms with van der Waals surface area (Å²) in [5.74, 6) is 11.5. The van der Waals surface area contributed by atoms with E-state index in [0.717, 1.165) is 23.1 Å². The summed E-state index contributed by atoms with van der Waals surface area (Å²) >= 11 is 0. The Balaban J connectivity index is 2.06. The molecule has 0 unspecified atom stereocenters. The zero-order valence-electron chi connectivity index (χ0n) is 15.8. The first kappa shape index (κ1) is 19.5. The second kappa shape index (κ2) is 9.07. The van der Waals surface area contributed by atoms with Gasteiger partial charge in [0.25, 0.3) is 0 Å². The maximum absolute atomic E-state index is 11.3. The van der Waals surface area contributed by atoms with Crippen LogP contribution in [0, 0.1) is 23.7 Å². The maximum atomic E-state index is 11.3. The van der Waals surface area contributed by atoms with Gasteiger partial charge in [-0.05, 0) is 53.7 Å². The first-order chi connectivity index (χ1) is 13.6. The van der Waals surface area contributed by atoms with Crippen molar-refractivity contribution in [3.05, 3.63) is 107 Å². The van der Waals surface area contributed by atoms with Crippen LogP contribution in [0.5, 0.6) is 0 Å². The van der Waals surface area contributed by atoms with Gasteiger partial charge in [0.2, 0.25) is 5.60 Å². The van der Waals surface area contributed by atoms with E-state index in [-0.39, 0.29) is 0 Å². The van der Waals surface area contributed by atoms with Gasteiger partial charge in [0.05, 0.1) is 0 Å². The van der Waals surface area contributed by atoms with E-state index >= 15 is 0 Å². The van der Waals surface area contributed by atoms with Crippen LogP contribution in [0.1, 0.15) is 35.3 Å². The predicted octanol–water partition coefficient (Wildman–Crippen LogP) is 4.12. The normalized spacial score (nSPS) is 11.5. The van der Waals surface area contributed by atoms with Gasteiger partial charge >= 0.3 is 0 Å². The molecule has 28 heavy (non-hydrogen) atoms. The number of benzene rings is 3. The number of aliphatic hydroxyl groups is 2. The lowest BCUT2D eigenvalue weighted by Crippen LogP contribution is -2.34. The third kappa shape index (κ3) is 4.70. The molecule has 0 aromatic heterocycles. The van der Waals surface area contributed by atoms with E-state index in [9.17, 15) is 10.2 Å². The fraction of sp³-hybridized carbons (Fsp3) is 0.154. The summed E-state index contributed by atoms with van der Waals surface area (Å²) in [5.41, 5.74) is 1.18. The molecule has 3 aromatic carbocycles. The van der Waals surface area contributed by atoms with Crippen molar-refractivity contribution in [2.75, 3.05) is 0 Å². The second-order valence-electron chi connectivity index (χ2n) is 6.45. The Kier molecular flexibility index (Phi) is 6.30. The molecule has 0 bridgehead atoms. The van der Waals surface area contributed by atoms with Crippen molar-refractivity contribution in [3.8, 4) is 23.7 Å². The maximum Gasteiger partial charge on any atom is 0.218 e. The first-order valence-electron chi connectivity index (χ1n) is 9.27. The minimum Gasteiger partial charge on any atom is -0.383 e. The molecule has 138 valence electrons. The summed E-state index contributed by atoms with van der Waals surface area (Å²) < 4.78 is 0. The molecule has 0 saturated carbocycles. The number of hydrogen-bond acceptors (Lipinski definition) is 2. The monoisotopic (exact) mass is 366 g/mol. The third-order valence-electron chi connectivity index (χ3n) is 4.47. The lowest BCUT2D eigenvalue weighted by Gasteiger charge is -2.25. The molecule has 2 N–H and O–H groups in total. The Morgan fingerprint density at radius 2 is 1.21 bits per heavy atom. The molecule has 0 fully saturated rings. The zero-order chi connectivity index (χ0) is 19.8. The van der Waals surface area contributed by atoms with E-state index < -0.39 is 11.7 Å². The number of aliphatic hydroxyl groups excluding tert-OH is 1. The molecule has 3 aromatic rings. The Bertz CT molecular complexity index is 974. The molecule has 0 amide bonds. The van der Waals surface area contributed by atoms with Gasteiger partial charge in [-0.3, -0.25) is 0 Å². The highest BCUT2D eigenvalue weighted by atomic mass is 16.3. The Hall–Kier alpha value is -3.30. The van der Waals surface area contributed by atoms with E-state index in [1.165, 1.54) is 0 Å². The smallest absolute Gasteiger partial charge is 0.218 e. The minimum atomic E-state index is -1.91. The summed E-state index contributed by atoms with van der Waals surface area (Å²) in [6, 6.07) is 26.2. The molecule has 3 rings (SSSR count). The van der Waals surface area contributed by atoms with Crippen molar-refractivity contribution in [2.24, 2.45) is 0 Å². The van der Waals surface area contributed by atoms with Gasteiger partial charge in [0.15, 0.2) is 0 Å². The highest BCUT2D eigenvalue weighted by molar-refractivity contribution is 5.47. The molecule has 0 aliphatic heterocycles. The molecule has 0 spiro atoms. The van der Waals surface area contributed by atoms with Crippen LogP contribution in [0.15, 0.2) is 84.9 Å². The van der Waals surface area contributed by atoms with Crippen LogP contribution in [0.2, 0.25) is 0 Å². The lowest BCUT2D eigenvalue weighted by molar-refractivity contribution is 0.00650. The van der Waals surface area contributed by atoms with Crippen molar-refractivity contribution in [1.82, 2.24) is 0 Å². The molecule has 0 saturated heterocycles. The van der Waals surface area contributed by atoms with Crippen LogP contribution in [-0.2, 0) is 6.42 Å². The van der Waals surface area contributed by atoms with Crippen molar-refractivity contribution in [2.45, 2.75) is 25.0 Å². The Labute approximate surface area is 166 Å². The van der Waals surface area contributed by atoms with Gasteiger partial charge in [-0.2, -0.15) is 0 Å². The van der Waals surface area contributed by atoms with E-state index in [2.05, 4.69) is 23.7 Å². The average molecular weight is 366 g/mol. The van der Waals surface area contributed by atoms with Gasteiger partial charge in [0.1, 0.15) is 6.10 Å². The molecule has 2 heteroatoms. The van der Waals surface area contributed by atoms with Crippen molar-refractivity contribution in [3.63, 3.8) is 0 Å². The number of aryl methyl sites for hydroxylation is 1.